The van der Waals surface area contributed by atoms with Crippen LogP contribution in [-0.2, 0) is 4.79 Å². The third-order valence-corrected chi connectivity index (χ3v) is 3.44. The van der Waals surface area contributed by atoms with Crippen molar-refractivity contribution in [1.29, 1.82) is 0 Å². The first-order valence-electron chi connectivity index (χ1n) is 7.00. The number of H-pyrrole nitrogens is 1. The number of halogens is 1. The number of carbonyl (C=O) groups excluding carboxylic acids is 1. The third kappa shape index (κ3) is 4.11. The molecule has 0 aliphatic heterocycles. The second-order valence-electron chi connectivity index (χ2n) is 5.06. The molecule has 0 aliphatic rings. The van der Waals surface area contributed by atoms with Crippen molar-refractivity contribution in [2.45, 2.75) is 38.6 Å². The molecule has 2 rings (SSSR count). The van der Waals surface area contributed by atoms with Crippen molar-refractivity contribution in [3.63, 3.8) is 0 Å². The van der Waals surface area contributed by atoms with E-state index < -0.39 is 0 Å². The Hall–Kier alpha value is -2.24. The fourth-order valence-electron chi connectivity index (χ4n) is 2.19. The molecule has 0 aliphatic carbocycles. The predicted octanol–water partition coefficient (Wildman–Crippen LogP) is 2.70. The van der Waals surface area contributed by atoms with E-state index in [0.29, 0.717) is 12.2 Å². The molecule has 0 fully saturated rings. The summed E-state index contributed by atoms with van der Waals surface area (Å²) in [5.74, 6) is 0.347. The summed E-state index contributed by atoms with van der Waals surface area (Å²) >= 11 is 0. The standard InChI is InChI=1S/C15H19FN4O/c1-3-13(15-17-9-18-20-15)19-14(21)8-10(2)11-4-6-12(16)7-5-11/h4-7,9-10,13H,3,8H2,1-2H3,(H,19,21)(H,17,18,20)/t10-,13-/m0/s1. The summed E-state index contributed by atoms with van der Waals surface area (Å²) in [7, 11) is 0. The number of aromatic nitrogens is 3. The molecule has 0 saturated heterocycles. The van der Waals surface area contributed by atoms with Crippen LogP contribution in [0, 0.1) is 5.82 Å². The lowest BCUT2D eigenvalue weighted by Gasteiger charge is -2.17. The third-order valence-electron chi connectivity index (χ3n) is 3.44. The second-order valence-corrected chi connectivity index (χ2v) is 5.06. The Morgan fingerprint density at radius 1 is 1.38 bits per heavy atom. The normalized spacial score (nSPS) is 13.7. The SMILES string of the molecule is CC[C@H](NC(=O)C[C@H](C)c1ccc(F)cc1)c1ncn[nH]1. The van der Waals surface area contributed by atoms with Crippen LogP contribution >= 0.6 is 0 Å². The average Bonchev–Trinajstić information content (AvgIpc) is 2.99. The average molecular weight is 290 g/mol. The molecule has 2 N–H and O–H groups in total. The molecular weight excluding hydrogens is 271 g/mol. The lowest BCUT2D eigenvalue weighted by atomic mass is 9.97. The van der Waals surface area contributed by atoms with E-state index >= 15 is 0 Å². The zero-order valence-corrected chi connectivity index (χ0v) is 12.1. The van der Waals surface area contributed by atoms with Gasteiger partial charge in [0.05, 0.1) is 6.04 Å². The summed E-state index contributed by atoms with van der Waals surface area (Å²) < 4.78 is 12.9. The number of amides is 1. The fourth-order valence-corrected chi connectivity index (χ4v) is 2.19. The van der Waals surface area contributed by atoms with E-state index in [9.17, 15) is 9.18 Å². The lowest BCUT2D eigenvalue weighted by molar-refractivity contribution is -0.122. The molecule has 1 aromatic heterocycles. The Bertz CT molecular complexity index is 568. The van der Waals surface area contributed by atoms with Gasteiger partial charge >= 0.3 is 0 Å². The Kier molecular flexibility index (Phi) is 5.03. The summed E-state index contributed by atoms with van der Waals surface area (Å²) in [5.41, 5.74) is 0.944. The van der Waals surface area contributed by atoms with Crippen LogP contribution in [-0.4, -0.2) is 21.1 Å². The largest absolute Gasteiger partial charge is 0.346 e. The van der Waals surface area contributed by atoms with Crippen molar-refractivity contribution in [1.82, 2.24) is 20.5 Å². The highest BCUT2D eigenvalue weighted by molar-refractivity contribution is 5.77. The molecule has 112 valence electrons. The van der Waals surface area contributed by atoms with Crippen molar-refractivity contribution in [2.24, 2.45) is 0 Å². The molecule has 0 radical (unpaired) electrons. The van der Waals surface area contributed by atoms with Gasteiger partial charge in [-0.05, 0) is 30.0 Å². The highest BCUT2D eigenvalue weighted by atomic mass is 19.1. The van der Waals surface area contributed by atoms with Crippen LogP contribution < -0.4 is 5.32 Å². The fraction of sp³-hybridized carbons (Fsp3) is 0.400. The Morgan fingerprint density at radius 3 is 2.67 bits per heavy atom. The van der Waals surface area contributed by atoms with Gasteiger partial charge in [-0.1, -0.05) is 26.0 Å². The van der Waals surface area contributed by atoms with Gasteiger partial charge in [0.15, 0.2) is 0 Å². The minimum Gasteiger partial charge on any atom is -0.346 e. The number of aromatic amines is 1. The maximum absolute atomic E-state index is 12.9. The molecule has 2 atom stereocenters. The Balaban J connectivity index is 1.93. The first kappa shape index (κ1) is 15.2. The van der Waals surface area contributed by atoms with Crippen molar-refractivity contribution in [3.05, 3.63) is 47.8 Å². The predicted molar refractivity (Wildman–Crippen MR) is 77.0 cm³/mol. The van der Waals surface area contributed by atoms with E-state index in [1.54, 1.807) is 12.1 Å². The van der Waals surface area contributed by atoms with Gasteiger partial charge in [0.1, 0.15) is 18.0 Å². The van der Waals surface area contributed by atoms with Crippen LogP contribution in [0.25, 0.3) is 0 Å². The van der Waals surface area contributed by atoms with E-state index in [0.717, 1.165) is 12.0 Å². The minimum atomic E-state index is -0.272. The van der Waals surface area contributed by atoms with Crippen LogP contribution in [0.4, 0.5) is 4.39 Å². The van der Waals surface area contributed by atoms with Gasteiger partial charge in [0, 0.05) is 6.42 Å². The molecule has 0 bridgehead atoms. The number of rotatable bonds is 6. The van der Waals surface area contributed by atoms with Gasteiger partial charge in [-0.2, -0.15) is 5.10 Å². The van der Waals surface area contributed by atoms with E-state index in [1.807, 2.05) is 13.8 Å². The van der Waals surface area contributed by atoms with Crippen LogP contribution in [0.2, 0.25) is 0 Å². The van der Waals surface area contributed by atoms with Gasteiger partial charge in [0.2, 0.25) is 5.91 Å². The van der Waals surface area contributed by atoms with Crippen LogP contribution in [0.5, 0.6) is 0 Å². The number of nitrogens with one attached hydrogen (secondary N) is 2. The molecule has 1 aromatic carbocycles. The van der Waals surface area contributed by atoms with Crippen LogP contribution in [0.1, 0.15) is 50.0 Å². The van der Waals surface area contributed by atoms with E-state index in [4.69, 9.17) is 0 Å². The van der Waals surface area contributed by atoms with Gasteiger partial charge in [-0.15, -0.1) is 0 Å². The highest BCUT2D eigenvalue weighted by Gasteiger charge is 2.17. The number of hydrogen-bond donors (Lipinski definition) is 2. The molecule has 0 saturated carbocycles. The molecule has 0 spiro atoms. The number of carbonyl (C=O) groups is 1. The maximum atomic E-state index is 12.9. The lowest BCUT2D eigenvalue weighted by Crippen LogP contribution is -2.29. The van der Waals surface area contributed by atoms with E-state index in [1.165, 1.54) is 18.5 Å². The van der Waals surface area contributed by atoms with Crippen LogP contribution in [0.15, 0.2) is 30.6 Å². The molecular formula is C15H19FN4O. The molecule has 2 aromatic rings. The number of hydrogen-bond acceptors (Lipinski definition) is 3. The number of nitrogens with zero attached hydrogens (tertiary/aromatic N) is 2. The smallest absolute Gasteiger partial charge is 0.221 e. The summed E-state index contributed by atoms with van der Waals surface area (Å²) in [6, 6.07) is 6.07. The molecule has 6 heteroatoms. The number of benzene rings is 1. The second kappa shape index (κ2) is 6.97. The topological polar surface area (TPSA) is 70.7 Å². The zero-order chi connectivity index (χ0) is 15.2. The summed E-state index contributed by atoms with van der Waals surface area (Å²) in [4.78, 5) is 16.2. The quantitative estimate of drug-likeness (QED) is 0.859. The minimum absolute atomic E-state index is 0.0258. The molecule has 5 nitrogen and oxygen atoms in total. The summed E-state index contributed by atoms with van der Waals surface area (Å²) in [6.45, 7) is 3.92. The molecule has 0 unspecified atom stereocenters. The highest BCUT2D eigenvalue weighted by Crippen LogP contribution is 2.20. The maximum Gasteiger partial charge on any atom is 0.221 e. The Labute approximate surface area is 123 Å². The van der Waals surface area contributed by atoms with Crippen molar-refractivity contribution in [3.8, 4) is 0 Å². The van der Waals surface area contributed by atoms with E-state index in [2.05, 4.69) is 20.5 Å². The molecule has 21 heavy (non-hydrogen) atoms. The van der Waals surface area contributed by atoms with Crippen molar-refractivity contribution in [2.75, 3.05) is 0 Å². The Morgan fingerprint density at radius 2 is 2.10 bits per heavy atom. The molecule has 1 heterocycles. The first-order chi connectivity index (χ1) is 10.1. The van der Waals surface area contributed by atoms with Gasteiger partial charge in [-0.25, -0.2) is 9.37 Å². The van der Waals surface area contributed by atoms with Gasteiger partial charge in [-0.3, -0.25) is 9.89 Å². The van der Waals surface area contributed by atoms with Gasteiger partial charge < -0.3 is 5.32 Å². The first-order valence-corrected chi connectivity index (χ1v) is 7.00. The summed E-state index contributed by atoms with van der Waals surface area (Å²) in [6.07, 6.45) is 2.49. The van der Waals surface area contributed by atoms with Crippen LogP contribution in [0.3, 0.4) is 0 Å². The van der Waals surface area contributed by atoms with Crippen molar-refractivity contribution < 1.29 is 9.18 Å². The van der Waals surface area contributed by atoms with E-state index in [-0.39, 0.29) is 23.7 Å². The van der Waals surface area contributed by atoms with Crippen molar-refractivity contribution >= 4 is 5.91 Å². The zero-order valence-electron chi connectivity index (χ0n) is 12.1. The van der Waals surface area contributed by atoms with Gasteiger partial charge in [0.25, 0.3) is 0 Å². The monoisotopic (exact) mass is 290 g/mol. The molecule has 1 amide bonds. The summed E-state index contributed by atoms with van der Waals surface area (Å²) in [5, 5.41) is 9.49.